The molecule has 5 heteroatoms. The quantitative estimate of drug-likeness (QED) is 0.890. The number of nitrogens with zero attached hydrogens (tertiary/aromatic N) is 3. The number of pyridine rings is 1. The van der Waals surface area contributed by atoms with Crippen molar-refractivity contribution in [2.24, 2.45) is 0 Å². The lowest BCUT2D eigenvalue weighted by Gasteiger charge is -2.34. The zero-order valence-corrected chi connectivity index (χ0v) is 11.5. The maximum absolute atomic E-state index is 12.0. The van der Waals surface area contributed by atoms with Crippen molar-refractivity contribution in [1.29, 1.82) is 0 Å². The number of carbonyl (C=O) groups excluding carboxylic acids is 1. The molecule has 104 valence electrons. The van der Waals surface area contributed by atoms with Gasteiger partial charge in [0.1, 0.15) is 0 Å². The highest BCUT2D eigenvalue weighted by Crippen LogP contribution is 2.03. The van der Waals surface area contributed by atoms with Gasteiger partial charge in [-0.15, -0.1) is 0 Å². The molecule has 2 rings (SSSR count). The standard InChI is InChI=1S/C14H22N4O/c1-2-7-17-8-10-18(11-9-17)14(19)16-12-13-3-5-15-6-4-13/h3-6H,2,7-12H2,1H3,(H,16,19). The lowest BCUT2D eigenvalue weighted by atomic mass is 10.2. The van der Waals surface area contributed by atoms with Crippen LogP contribution in [0, 0.1) is 0 Å². The van der Waals surface area contributed by atoms with Gasteiger partial charge in [0.05, 0.1) is 0 Å². The third-order valence-electron chi connectivity index (χ3n) is 3.39. The van der Waals surface area contributed by atoms with Crippen molar-refractivity contribution >= 4 is 6.03 Å². The van der Waals surface area contributed by atoms with E-state index in [1.54, 1.807) is 12.4 Å². The Balaban J connectivity index is 1.73. The number of piperazine rings is 1. The molecular formula is C14H22N4O. The van der Waals surface area contributed by atoms with Crippen molar-refractivity contribution in [3.63, 3.8) is 0 Å². The summed E-state index contributed by atoms with van der Waals surface area (Å²) in [6, 6.07) is 3.87. The Morgan fingerprint density at radius 3 is 2.58 bits per heavy atom. The molecule has 0 radical (unpaired) electrons. The van der Waals surface area contributed by atoms with E-state index < -0.39 is 0 Å². The molecule has 0 spiro atoms. The Kier molecular flexibility index (Phi) is 5.15. The highest BCUT2D eigenvalue weighted by atomic mass is 16.2. The lowest BCUT2D eigenvalue weighted by molar-refractivity contribution is 0.139. The molecule has 5 nitrogen and oxygen atoms in total. The van der Waals surface area contributed by atoms with Crippen LogP contribution in [0.1, 0.15) is 18.9 Å². The van der Waals surface area contributed by atoms with Crippen LogP contribution in [0.25, 0.3) is 0 Å². The van der Waals surface area contributed by atoms with Crippen LogP contribution in [0.5, 0.6) is 0 Å². The fourth-order valence-electron chi connectivity index (χ4n) is 2.28. The topological polar surface area (TPSA) is 48.5 Å². The van der Waals surface area contributed by atoms with Crippen molar-refractivity contribution in [1.82, 2.24) is 20.1 Å². The molecule has 0 aliphatic carbocycles. The summed E-state index contributed by atoms with van der Waals surface area (Å²) in [6.07, 6.45) is 4.66. The minimum atomic E-state index is 0.0351. The summed E-state index contributed by atoms with van der Waals surface area (Å²) in [4.78, 5) is 20.3. The third-order valence-corrected chi connectivity index (χ3v) is 3.39. The summed E-state index contributed by atoms with van der Waals surface area (Å²) in [7, 11) is 0. The zero-order valence-electron chi connectivity index (χ0n) is 11.5. The van der Waals surface area contributed by atoms with E-state index in [-0.39, 0.29) is 6.03 Å². The molecule has 1 aliphatic rings. The van der Waals surface area contributed by atoms with Crippen LogP contribution in [0.2, 0.25) is 0 Å². The largest absolute Gasteiger partial charge is 0.334 e. The number of aromatic nitrogens is 1. The number of hydrogen-bond acceptors (Lipinski definition) is 3. The first-order valence-corrected chi connectivity index (χ1v) is 6.93. The van der Waals surface area contributed by atoms with Crippen molar-refractivity contribution in [2.75, 3.05) is 32.7 Å². The molecular weight excluding hydrogens is 240 g/mol. The summed E-state index contributed by atoms with van der Waals surface area (Å²) < 4.78 is 0. The molecule has 1 aromatic heterocycles. The van der Waals surface area contributed by atoms with Crippen LogP contribution in [0.15, 0.2) is 24.5 Å². The molecule has 2 amide bonds. The number of nitrogens with one attached hydrogen (secondary N) is 1. The molecule has 0 aromatic carbocycles. The monoisotopic (exact) mass is 262 g/mol. The van der Waals surface area contributed by atoms with Crippen LogP contribution < -0.4 is 5.32 Å². The van der Waals surface area contributed by atoms with Crippen LogP contribution in [0.3, 0.4) is 0 Å². The SMILES string of the molecule is CCCN1CCN(C(=O)NCc2ccncc2)CC1. The van der Waals surface area contributed by atoms with E-state index in [1.165, 1.54) is 6.42 Å². The maximum atomic E-state index is 12.0. The van der Waals surface area contributed by atoms with Gasteiger partial charge in [0.15, 0.2) is 0 Å². The van der Waals surface area contributed by atoms with Gasteiger partial charge in [-0.3, -0.25) is 9.88 Å². The predicted octanol–water partition coefficient (Wildman–Crippen LogP) is 1.32. The van der Waals surface area contributed by atoms with Crippen molar-refractivity contribution in [3.05, 3.63) is 30.1 Å². The molecule has 19 heavy (non-hydrogen) atoms. The summed E-state index contributed by atoms with van der Waals surface area (Å²) in [5, 5.41) is 2.96. The summed E-state index contributed by atoms with van der Waals surface area (Å²) in [5.74, 6) is 0. The van der Waals surface area contributed by atoms with Crippen molar-refractivity contribution < 1.29 is 4.79 Å². The average Bonchev–Trinajstić information content (AvgIpc) is 2.47. The summed E-state index contributed by atoms with van der Waals surface area (Å²) >= 11 is 0. The van der Waals surface area contributed by atoms with Gasteiger partial charge in [-0.2, -0.15) is 0 Å². The molecule has 0 saturated carbocycles. The number of rotatable bonds is 4. The van der Waals surface area contributed by atoms with Crippen LogP contribution in [-0.2, 0) is 6.54 Å². The summed E-state index contributed by atoms with van der Waals surface area (Å²) in [5.41, 5.74) is 1.08. The number of urea groups is 1. The van der Waals surface area contributed by atoms with Gasteiger partial charge < -0.3 is 10.2 Å². The molecule has 2 heterocycles. The molecule has 1 aliphatic heterocycles. The van der Waals surface area contributed by atoms with Gasteiger partial charge in [0, 0.05) is 45.1 Å². The van der Waals surface area contributed by atoms with E-state index in [0.29, 0.717) is 6.54 Å². The van der Waals surface area contributed by atoms with Crippen molar-refractivity contribution in [3.8, 4) is 0 Å². The zero-order chi connectivity index (χ0) is 13.5. The Morgan fingerprint density at radius 2 is 1.95 bits per heavy atom. The molecule has 1 saturated heterocycles. The van der Waals surface area contributed by atoms with Gasteiger partial charge in [-0.1, -0.05) is 6.92 Å². The van der Waals surface area contributed by atoms with E-state index >= 15 is 0 Å². The van der Waals surface area contributed by atoms with E-state index in [1.807, 2.05) is 17.0 Å². The van der Waals surface area contributed by atoms with Crippen molar-refractivity contribution in [2.45, 2.75) is 19.9 Å². The summed E-state index contributed by atoms with van der Waals surface area (Å²) in [6.45, 7) is 7.49. The van der Waals surface area contributed by atoms with Gasteiger partial charge >= 0.3 is 6.03 Å². The van der Waals surface area contributed by atoms with Crippen LogP contribution in [-0.4, -0.2) is 53.5 Å². The third kappa shape index (κ3) is 4.21. The Labute approximate surface area is 114 Å². The second-order valence-electron chi connectivity index (χ2n) is 4.84. The van der Waals surface area contributed by atoms with Gasteiger partial charge in [-0.25, -0.2) is 4.79 Å². The van der Waals surface area contributed by atoms with E-state index in [2.05, 4.69) is 22.1 Å². The smallest absolute Gasteiger partial charge is 0.317 e. The Hall–Kier alpha value is -1.62. The second kappa shape index (κ2) is 7.09. The molecule has 1 N–H and O–H groups in total. The highest BCUT2D eigenvalue weighted by Gasteiger charge is 2.19. The first kappa shape index (κ1) is 13.8. The number of hydrogen-bond donors (Lipinski definition) is 1. The predicted molar refractivity (Wildman–Crippen MR) is 74.8 cm³/mol. The minimum Gasteiger partial charge on any atom is -0.334 e. The van der Waals surface area contributed by atoms with E-state index in [4.69, 9.17) is 0 Å². The average molecular weight is 262 g/mol. The molecule has 0 unspecified atom stereocenters. The first-order chi connectivity index (χ1) is 9.29. The minimum absolute atomic E-state index is 0.0351. The molecule has 0 atom stereocenters. The lowest BCUT2D eigenvalue weighted by Crippen LogP contribution is -2.51. The van der Waals surface area contributed by atoms with Gasteiger partial charge in [0.25, 0.3) is 0 Å². The van der Waals surface area contributed by atoms with E-state index in [9.17, 15) is 4.79 Å². The van der Waals surface area contributed by atoms with Gasteiger partial charge in [-0.05, 0) is 30.7 Å². The number of amides is 2. The first-order valence-electron chi connectivity index (χ1n) is 6.93. The molecule has 1 fully saturated rings. The molecule has 0 bridgehead atoms. The Morgan fingerprint density at radius 1 is 1.26 bits per heavy atom. The number of carbonyl (C=O) groups is 1. The van der Waals surface area contributed by atoms with Crippen LogP contribution in [0.4, 0.5) is 4.79 Å². The second-order valence-corrected chi connectivity index (χ2v) is 4.84. The van der Waals surface area contributed by atoms with Crippen LogP contribution >= 0.6 is 0 Å². The molecule has 1 aromatic rings. The maximum Gasteiger partial charge on any atom is 0.317 e. The Bertz CT molecular complexity index is 388. The fraction of sp³-hybridized carbons (Fsp3) is 0.571. The van der Waals surface area contributed by atoms with Gasteiger partial charge in [0.2, 0.25) is 0 Å². The normalized spacial score (nSPS) is 16.4. The van der Waals surface area contributed by atoms with E-state index in [0.717, 1.165) is 38.3 Å². The fourth-order valence-corrected chi connectivity index (χ4v) is 2.28. The highest BCUT2D eigenvalue weighted by molar-refractivity contribution is 5.74.